The second kappa shape index (κ2) is 6.94. The number of rotatable bonds is 3. The van der Waals surface area contributed by atoms with Crippen molar-refractivity contribution in [2.75, 3.05) is 6.54 Å². The molecule has 4 rings (SSSR count). The Hall–Kier alpha value is -2.63. The number of aromatic nitrogens is 2. The molecule has 0 atom stereocenters. The molecule has 3 aromatic rings. The van der Waals surface area contributed by atoms with E-state index in [0.29, 0.717) is 30.4 Å². The Morgan fingerprint density at radius 1 is 1.19 bits per heavy atom. The fourth-order valence-corrected chi connectivity index (χ4v) is 3.50. The first-order valence-corrected chi connectivity index (χ1v) is 8.85. The van der Waals surface area contributed by atoms with Crippen LogP contribution < -0.4 is 5.56 Å². The molecule has 1 aromatic heterocycles. The molecule has 6 heteroatoms. The van der Waals surface area contributed by atoms with Gasteiger partial charge in [-0.3, -0.25) is 9.69 Å². The summed E-state index contributed by atoms with van der Waals surface area (Å²) in [6.07, 6.45) is 0.655. The van der Waals surface area contributed by atoms with Crippen LogP contribution in [0.25, 0.3) is 11.4 Å². The van der Waals surface area contributed by atoms with Gasteiger partial charge in [0.2, 0.25) is 0 Å². The second-order valence-electron chi connectivity index (χ2n) is 6.44. The summed E-state index contributed by atoms with van der Waals surface area (Å²) in [6, 6.07) is 14.7. The molecule has 0 fully saturated rings. The Balaban J connectivity index is 1.61. The van der Waals surface area contributed by atoms with Gasteiger partial charge in [-0.1, -0.05) is 48.0 Å². The lowest BCUT2D eigenvalue weighted by molar-refractivity contribution is 0.240. The van der Waals surface area contributed by atoms with E-state index in [-0.39, 0.29) is 11.3 Å². The average Bonchev–Trinajstić information content (AvgIpc) is 2.64. The Labute approximate surface area is 155 Å². The molecular weight excluding hydrogens is 350 g/mol. The zero-order valence-corrected chi connectivity index (χ0v) is 14.8. The number of halogens is 1. The van der Waals surface area contributed by atoms with Gasteiger partial charge in [0.1, 0.15) is 11.6 Å². The van der Waals surface area contributed by atoms with Gasteiger partial charge in [0.25, 0.3) is 5.56 Å². The third-order valence-corrected chi connectivity index (χ3v) is 4.98. The summed E-state index contributed by atoms with van der Waals surface area (Å²) >= 11 is 6.22. The first-order valence-electron chi connectivity index (χ1n) is 8.47. The Morgan fingerprint density at radius 3 is 2.77 bits per heavy atom. The molecule has 2 heterocycles. The standard InChI is InChI=1S/C20H18ClN3O2/c21-17-10-15(25)7-6-14(17)11-24-9-8-16-18(12-24)22-19(23-20(16)26)13-4-2-1-3-5-13/h1-7,10,25H,8-9,11-12H2,(H,22,23,26). The normalized spacial score (nSPS) is 14.2. The van der Waals surface area contributed by atoms with Crippen LogP contribution in [0.4, 0.5) is 0 Å². The van der Waals surface area contributed by atoms with E-state index in [1.165, 1.54) is 0 Å². The maximum Gasteiger partial charge on any atom is 0.254 e. The highest BCUT2D eigenvalue weighted by Crippen LogP contribution is 2.25. The van der Waals surface area contributed by atoms with Crippen LogP contribution in [-0.2, 0) is 19.5 Å². The number of phenolic OH excluding ortho intramolecular Hbond substituents is 1. The van der Waals surface area contributed by atoms with Crippen LogP contribution in [0.1, 0.15) is 16.8 Å². The predicted molar refractivity (Wildman–Crippen MR) is 101 cm³/mol. The minimum absolute atomic E-state index is 0.0591. The van der Waals surface area contributed by atoms with Gasteiger partial charge in [0.05, 0.1) is 5.69 Å². The fraction of sp³-hybridized carbons (Fsp3) is 0.200. The van der Waals surface area contributed by atoms with E-state index < -0.39 is 0 Å². The van der Waals surface area contributed by atoms with E-state index in [0.717, 1.165) is 28.9 Å². The minimum atomic E-state index is -0.0591. The van der Waals surface area contributed by atoms with Crippen molar-refractivity contribution in [2.24, 2.45) is 0 Å². The van der Waals surface area contributed by atoms with E-state index in [1.54, 1.807) is 12.1 Å². The van der Waals surface area contributed by atoms with E-state index in [1.807, 2.05) is 36.4 Å². The highest BCUT2D eigenvalue weighted by Gasteiger charge is 2.22. The van der Waals surface area contributed by atoms with Crippen molar-refractivity contribution in [3.8, 4) is 17.1 Å². The molecule has 26 heavy (non-hydrogen) atoms. The summed E-state index contributed by atoms with van der Waals surface area (Å²) in [6.45, 7) is 2.00. The van der Waals surface area contributed by atoms with Crippen LogP contribution >= 0.6 is 11.6 Å². The maximum atomic E-state index is 12.5. The first-order chi connectivity index (χ1) is 12.6. The van der Waals surface area contributed by atoms with Crippen molar-refractivity contribution in [1.29, 1.82) is 0 Å². The summed E-state index contributed by atoms with van der Waals surface area (Å²) in [4.78, 5) is 22.3. The van der Waals surface area contributed by atoms with Crippen LogP contribution in [0.2, 0.25) is 5.02 Å². The molecule has 0 saturated carbocycles. The zero-order chi connectivity index (χ0) is 18.1. The first kappa shape index (κ1) is 16.8. The molecule has 0 bridgehead atoms. The minimum Gasteiger partial charge on any atom is -0.508 e. The summed E-state index contributed by atoms with van der Waals surface area (Å²) in [5.41, 5.74) is 3.36. The number of benzene rings is 2. The van der Waals surface area contributed by atoms with E-state index in [9.17, 15) is 9.90 Å². The molecule has 1 aliphatic heterocycles. The lowest BCUT2D eigenvalue weighted by Crippen LogP contribution is -2.35. The van der Waals surface area contributed by atoms with Crippen LogP contribution in [0, 0.1) is 0 Å². The molecule has 0 amide bonds. The second-order valence-corrected chi connectivity index (χ2v) is 6.85. The van der Waals surface area contributed by atoms with E-state index in [2.05, 4.69) is 9.88 Å². The number of hydrogen-bond donors (Lipinski definition) is 2. The molecule has 0 aliphatic carbocycles. The molecule has 0 radical (unpaired) electrons. The smallest absolute Gasteiger partial charge is 0.254 e. The van der Waals surface area contributed by atoms with Crippen molar-refractivity contribution in [3.05, 3.63) is 80.7 Å². The molecule has 5 nitrogen and oxygen atoms in total. The number of nitrogens with one attached hydrogen (secondary N) is 1. The molecule has 0 unspecified atom stereocenters. The molecular formula is C20H18ClN3O2. The molecule has 1 aliphatic rings. The van der Waals surface area contributed by atoms with Gasteiger partial charge in [-0.05, 0) is 24.1 Å². The number of aromatic amines is 1. The van der Waals surface area contributed by atoms with Gasteiger partial charge in [0.15, 0.2) is 0 Å². The summed E-state index contributed by atoms with van der Waals surface area (Å²) < 4.78 is 0. The third-order valence-electron chi connectivity index (χ3n) is 4.63. The van der Waals surface area contributed by atoms with Gasteiger partial charge >= 0.3 is 0 Å². The summed E-state index contributed by atoms with van der Waals surface area (Å²) in [5, 5.41) is 10.0. The van der Waals surface area contributed by atoms with E-state index >= 15 is 0 Å². The highest BCUT2D eigenvalue weighted by molar-refractivity contribution is 6.31. The third kappa shape index (κ3) is 3.36. The predicted octanol–water partition coefficient (Wildman–Crippen LogP) is 3.35. The van der Waals surface area contributed by atoms with Gasteiger partial charge in [0, 0.05) is 35.8 Å². The lowest BCUT2D eigenvalue weighted by atomic mass is 10.0. The number of hydrogen-bond acceptors (Lipinski definition) is 4. The zero-order valence-electron chi connectivity index (χ0n) is 14.1. The van der Waals surface area contributed by atoms with Crippen LogP contribution in [0.15, 0.2) is 53.3 Å². The van der Waals surface area contributed by atoms with Crippen molar-refractivity contribution in [2.45, 2.75) is 19.5 Å². The van der Waals surface area contributed by atoms with Gasteiger partial charge < -0.3 is 10.1 Å². The van der Waals surface area contributed by atoms with Gasteiger partial charge in [-0.2, -0.15) is 0 Å². The quantitative estimate of drug-likeness (QED) is 0.744. The molecule has 132 valence electrons. The monoisotopic (exact) mass is 367 g/mol. The van der Waals surface area contributed by atoms with Crippen LogP contribution in [0.5, 0.6) is 5.75 Å². The highest BCUT2D eigenvalue weighted by atomic mass is 35.5. The Kier molecular flexibility index (Phi) is 4.49. The van der Waals surface area contributed by atoms with Gasteiger partial charge in [-0.15, -0.1) is 0 Å². The van der Waals surface area contributed by atoms with Crippen LogP contribution in [0.3, 0.4) is 0 Å². The SMILES string of the molecule is O=c1[nH]c(-c2ccccc2)nc2c1CCN(Cc1ccc(O)cc1Cl)C2. The van der Waals surface area contributed by atoms with E-state index in [4.69, 9.17) is 16.6 Å². The summed E-state index contributed by atoms with van der Waals surface area (Å²) in [7, 11) is 0. The van der Waals surface area contributed by atoms with Gasteiger partial charge in [-0.25, -0.2) is 4.98 Å². The fourth-order valence-electron chi connectivity index (χ4n) is 3.27. The largest absolute Gasteiger partial charge is 0.508 e. The number of phenols is 1. The van der Waals surface area contributed by atoms with Crippen LogP contribution in [-0.4, -0.2) is 26.5 Å². The molecule has 0 saturated heterocycles. The number of nitrogens with zero attached hydrogens (tertiary/aromatic N) is 2. The van der Waals surface area contributed by atoms with Crippen molar-refractivity contribution < 1.29 is 5.11 Å². The van der Waals surface area contributed by atoms with Crippen molar-refractivity contribution in [1.82, 2.24) is 14.9 Å². The molecule has 0 spiro atoms. The topological polar surface area (TPSA) is 69.2 Å². The van der Waals surface area contributed by atoms with Crippen molar-refractivity contribution in [3.63, 3.8) is 0 Å². The number of aromatic hydroxyl groups is 1. The number of fused-ring (bicyclic) bond motifs is 1. The average molecular weight is 368 g/mol. The molecule has 2 aromatic carbocycles. The molecule has 2 N–H and O–H groups in total. The Morgan fingerprint density at radius 2 is 2.00 bits per heavy atom. The lowest BCUT2D eigenvalue weighted by Gasteiger charge is -2.28. The summed E-state index contributed by atoms with van der Waals surface area (Å²) in [5.74, 6) is 0.752. The Bertz CT molecular complexity index is 1000. The number of H-pyrrole nitrogens is 1. The maximum absolute atomic E-state index is 12.5. The van der Waals surface area contributed by atoms with Crippen molar-refractivity contribution >= 4 is 11.6 Å².